The van der Waals surface area contributed by atoms with Crippen LogP contribution >= 0.6 is 0 Å². The van der Waals surface area contributed by atoms with Gasteiger partial charge in [-0.05, 0) is 37.8 Å². The van der Waals surface area contributed by atoms with Gasteiger partial charge in [0, 0.05) is 38.1 Å². The van der Waals surface area contributed by atoms with Crippen LogP contribution in [0.5, 0.6) is 0 Å². The van der Waals surface area contributed by atoms with Crippen LogP contribution in [0.1, 0.15) is 31.4 Å². The molecule has 0 saturated heterocycles. The predicted molar refractivity (Wildman–Crippen MR) is 76.8 cm³/mol. The second-order valence-electron chi connectivity index (χ2n) is 5.01. The Morgan fingerprint density at radius 2 is 2.39 bits per heavy atom. The minimum atomic E-state index is 0.737. The first-order valence-corrected chi connectivity index (χ1v) is 6.80. The predicted octanol–water partition coefficient (Wildman–Crippen LogP) is 2.74. The molecule has 3 nitrogen and oxygen atoms in total. The summed E-state index contributed by atoms with van der Waals surface area (Å²) in [5.74, 6) is 0. The van der Waals surface area contributed by atoms with Crippen molar-refractivity contribution in [1.29, 1.82) is 0 Å². The SMILES string of the molecule is C=CCCCN(C)c1ccnc(CNC2CC2)c1. The Kier molecular flexibility index (Phi) is 4.76. The normalized spacial score (nSPS) is 14.5. The molecule has 0 amide bonds. The van der Waals surface area contributed by atoms with E-state index in [0.717, 1.165) is 37.7 Å². The first-order chi connectivity index (χ1) is 8.79. The van der Waals surface area contributed by atoms with E-state index in [9.17, 15) is 0 Å². The zero-order chi connectivity index (χ0) is 12.8. The van der Waals surface area contributed by atoms with E-state index in [1.807, 2.05) is 12.3 Å². The molecule has 1 saturated carbocycles. The fourth-order valence-corrected chi connectivity index (χ4v) is 1.94. The number of rotatable bonds is 8. The fraction of sp³-hybridized carbons (Fsp3) is 0.533. The van der Waals surface area contributed by atoms with Gasteiger partial charge in [0.1, 0.15) is 0 Å². The molecule has 0 aromatic carbocycles. The van der Waals surface area contributed by atoms with Crippen molar-refractivity contribution >= 4 is 5.69 Å². The van der Waals surface area contributed by atoms with Gasteiger partial charge in [0.15, 0.2) is 0 Å². The average Bonchev–Trinajstić information content (AvgIpc) is 3.21. The molecule has 0 atom stereocenters. The maximum absolute atomic E-state index is 4.41. The molecule has 2 rings (SSSR count). The number of unbranched alkanes of at least 4 members (excludes halogenated alkanes) is 1. The Balaban J connectivity index is 1.85. The second-order valence-corrected chi connectivity index (χ2v) is 5.01. The zero-order valence-corrected chi connectivity index (χ0v) is 11.2. The van der Waals surface area contributed by atoms with Crippen molar-refractivity contribution in [3.63, 3.8) is 0 Å². The summed E-state index contributed by atoms with van der Waals surface area (Å²) in [5, 5.41) is 3.50. The van der Waals surface area contributed by atoms with Crippen LogP contribution in [0, 0.1) is 0 Å². The van der Waals surface area contributed by atoms with Crippen molar-refractivity contribution in [3.8, 4) is 0 Å². The molecule has 0 radical (unpaired) electrons. The van der Waals surface area contributed by atoms with Crippen LogP contribution in [-0.2, 0) is 6.54 Å². The van der Waals surface area contributed by atoms with Gasteiger partial charge in [-0.3, -0.25) is 4.98 Å². The van der Waals surface area contributed by atoms with E-state index in [1.165, 1.54) is 18.5 Å². The van der Waals surface area contributed by atoms with Gasteiger partial charge in [0.05, 0.1) is 5.69 Å². The summed E-state index contributed by atoms with van der Waals surface area (Å²) in [6.45, 7) is 5.70. The minimum Gasteiger partial charge on any atom is -0.374 e. The molecule has 0 bridgehead atoms. The monoisotopic (exact) mass is 245 g/mol. The summed E-state index contributed by atoms with van der Waals surface area (Å²) >= 11 is 0. The molecular weight excluding hydrogens is 222 g/mol. The highest BCUT2D eigenvalue weighted by Crippen LogP contribution is 2.20. The van der Waals surface area contributed by atoms with Crippen LogP contribution in [0.3, 0.4) is 0 Å². The molecule has 0 spiro atoms. The molecule has 0 unspecified atom stereocenters. The van der Waals surface area contributed by atoms with Crippen LogP contribution in [0.4, 0.5) is 5.69 Å². The molecule has 18 heavy (non-hydrogen) atoms. The molecule has 1 heterocycles. The average molecular weight is 245 g/mol. The summed E-state index contributed by atoms with van der Waals surface area (Å²) in [6, 6.07) is 5.00. The molecular formula is C15H23N3. The number of pyridine rings is 1. The summed E-state index contributed by atoms with van der Waals surface area (Å²) < 4.78 is 0. The van der Waals surface area contributed by atoms with E-state index in [0.29, 0.717) is 0 Å². The third-order valence-corrected chi connectivity index (χ3v) is 3.29. The Bertz CT molecular complexity index is 385. The molecule has 3 heteroatoms. The van der Waals surface area contributed by atoms with Crippen LogP contribution in [-0.4, -0.2) is 24.6 Å². The molecule has 1 N–H and O–H groups in total. The fourth-order valence-electron chi connectivity index (χ4n) is 1.94. The molecule has 1 fully saturated rings. The molecule has 1 aromatic heterocycles. The van der Waals surface area contributed by atoms with Crippen LogP contribution in [0.15, 0.2) is 31.0 Å². The highest BCUT2D eigenvalue weighted by Gasteiger charge is 2.20. The van der Waals surface area contributed by atoms with Crippen molar-refractivity contribution in [2.45, 2.75) is 38.3 Å². The zero-order valence-electron chi connectivity index (χ0n) is 11.2. The maximum Gasteiger partial charge on any atom is 0.0562 e. The Labute approximate surface area is 110 Å². The quantitative estimate of drug-likeness (QED) is 0.564. The summed E-state index contributed by atoms with van der Waals surface area (Å²) in [7, 11) is 2.14. The van der Waals surface area contributed by atoms with Gasteiger partial charge in [-0.25, -0.2) is 0 Å². The van der Waals surface area contributed by atoms with Gasteiger partial charge in [-0.1, -0.05) is 6.08 Å². The maximum atomic E-state index is 4.41. The van der Waals surface area contributed by atoms with E-state index in [-0.39, 0.29) is 0 Å². The summed E-state index contributed by atoms with van der Waals surface area (Å²) in [4.78, 5) is 6.70. The van der Waals surface area contributed by atoms with Crippen molar-refractivity contribution in [1.82, 2.24) is 10.3 Å². The van der Waals surface area contributed by atoms with Crippen molar-refractivity contribution in [2.75, 3.05) is 18.5 Å². The van der Waals surface area contributed by atoms with Gasteiger partial charge in [0.25, 0.3) is 0 Å². The number of nitrogens with one attached hydrogen (secondary N) is 1. The minimum absolute atomic E-state index is 0.737. The van der Waals surface area contributed by atoms with Crippen LogP contribution < -0.4 is 10.2 Å². The molecule has 1 aromatic rings. The van der Waals surface area contributed by atoms with Crippen LogP contribution in [0.2, 0.25) is 0 Å². The lowest BCUT2D eigenvalue weighted by molar-refractivity contribution is 0.674. The van der Waals surface area contributed by atoms with Gasteiger partial charge < -0.3 is 10.2 Å². The van der Waals surface area contributed by atoms with Crippen LogP contribution in [0.25, 0.3) is 0 Å². The number of anilines is 1. The first-order valence-electron chi connectivity index (χ1n) is 6.80. The first kappa shape index (κ1) is 13.1. The molecule has 98 valence electrons. The van der Waals surface area contributed by atoms with E-state index in [1.54, 1.807) is 0 Å². The Morgan fingerprint density at radius 1 is 1.56 bits per heavy atom. The number of hydrogen-bond acceptors (Lipinski definition) is 3. The third kappa shape index (κ3) is 4.15. The van der Waals surface area contributed by atoms with E-state index in [4.69, 9.17) is 0 Å². The lowest BCUT2D eigenvalue weighted by Gasteiger charge is -2.19. The number of nitrogens with zero attached hydrogens (tertiary/aromatic N) is 2. The highest BCUT2D eigenvalue weighted by molar-refractivity contribution is 5.45. The summed E-state index contributed by atoms with van der Waals surface area (Å²) in [6.07, 6.45) is 8.75. The number of aromatic nitrogens is 1. The molecule has 1 aliphatic rings. The Morgan fingerprint density at radius 3 is 3.11 bits per heavy atom. The van der Waals surface area contributed by atoms with Crippen molar-refractivity contribution < 1.29 is 0 Å². The smallest absolute Gasteiger partial charge is 0.0562 e. The lowest BCUT2D eigenvalue weighted by atomic mass is 10.2. The van der Waals surface area contributed by atoms with E-state index in [2.05, 4.69) is 41.0 Å². The van der Waals surface area contributed by atoms with E-state index >= 15 is 0 Å². The van der Waals surface area contributed by atoms with Gasteiger partial charge in [-0.15, -0.1) is 6.58 Å². The van der Waals surface area contributed by atoms with Crippen molar-refractivity contribution in [2.24, 2.45) is 0 Å². The Hall–Kier alpha value is -1.35. The lowest BCUT2D eigenvalue weighted by Crippen LogP contribution is -2.20. The largest absolute Gasteiger partial charge is 0.374 e. The van der Waals surface area contributed by atoms with E-state index < -0.39 is 0 Å². The molecule has 1 aliphatic carbocycles. The van der Waals surface area contributed by atoms with Gasteiger partial charge >= 0.3 is 0 Å². The number of hydrogen-bond donors (Lipinski definition) is 1. The van der Waals surface area contributed by atoms with Gasteiger partial charge in [0.2, 0.25) is 0 Å². The highest BCUT2D eigenvalue weighted by atomic mass is 15.1. The summed E-state index contributed by atoms with van der Waals surface area (Å²) in [5.41, 5.74) is 2.39. The number of allylic oxidation sites excluding steroid dienone is 1. The standard InChI is InChI=1S/C15H23N3/c1-3-4-5-10-18(2)15-8-9-16-14(11-15)12-17-13-6-7-13/h3,8-9,11,13,17H,1,4-7,10,12H2,2H3. The van der Waals surface area contributed by atoms with Gasteiger partial charge in [-0.2, -0.15) is 0 Å². The molecule has 0 aliphatic heterocycles. The van der Waals surface area contributed by atoms with Crippen molar-refractivity contribution in [3.05, 3.63) is 36.7 Å². The topological polar surface area (TPSA) is 28.2 Å². The second kappa shape index (κ2) is 6.55. The third-order valence-electron chi connectivity index (χ3n) is 3.29.